The number of hydrogen-bond acceptors (Lipinski definition) is 3. The van der Waals surface area contributed by atoms with Crippen LogP contribution in [0.1, 0.15) is 57.3 Å². The van der Waals surface area contributed by atoms with Gasteiger partial charge >= 0.3 is 0 Å². The molecule has 1 N–H and O–H groups in total. The minimum absolute atomic E-state index is 0.0408. The van der Waals surface area contributed by atoms with Crippen LogP contribution in [0.4, 0.5) is 4.39 Å². The van der Waals surface area contributed by atoms with Gasteiger partial charge in [0, 0.05) is 18.0 Å². The average Bonchev–Trinajstić information content (AvgIpc) is 2.70. The molecule has 0 amide bonds. The smallest absolute Gasteiger partial charge is 0.166 e. The van der Waals surface area contributed by atoms with Crippen LogP contribution in [0.25, 0.3) is 0 Å². The minimum Gasteiger partial charge on any atom is -0.486 e. The third-order valence-corrected chi connectivity index (χ3v) is 4.50. The standard InChI is InChI=1S/C26H36FNO2/c1-6-7-16-28-17-8-9-18-30-25-15-14-23(19-24(25)27)26(29)22(12-10-20(2)3)13-11-21(4)5/h6,8-11,14-15,19,22,28H,1,7,12-13,16-18H2,2-5H3. The summed E-state index contributed by atoms with van der Waals surface area (Å²) in [5, 5.41) is 3.23. The summed E-state index contributed by atoms with van der Waals surface area (Å²) in [4.78, 5) is 13.0. The maximum Gasteiger partial charge on any atom is 0.166 e. The van der Waals surface area contributed by atoms with Gasteiger partial charge in [-0.2, -0.15) is 0 Å². The van der Waals surface area contributed by atoms with Gasteiger partial charge in [0.15, 0.2) is 17.3 Å². The first kappa shape index (κ1) is 25.6. The van der Waals surface area contributed by atoms with Gasteiger partial charge in [-0.1, -0.05) is 41.5 Å². The van der Waals surface area contributed by atoms with Crippen molar-refractivity contribution in [2.45, 2.75) is 47.0 Å². The van der Waals surface area contributed by atoms with Crippen molar-refractivity contribution in [1.29, 1.82) is 0 Å². The molecule has 1 rings (SSSR count). The van der Waals surface area contributed by atoms with Gasteiger partial charge in [-0.3, -0.25) is 4.79 Å². The van der Waals surface area contributed by atoms with Gasteiger partial charge in [0.1, 0.15) is 6.61 Å². The van der Waals surface area contributed by atoms with E-state index in [0.29, 0.717) is 18.4 Å². The van der Waals surface area contributed by atoms with E-state index in [2.05, 4.69) is 24.0 Å². The third-order valence-electron chi connectivity index (χ3n) is 4.50. The van der Waals surface area contributed by atoms with Crippen LogP contribution in [0.3, 0.4) is 0 Å². The first-order valence-electron chi connectivity index (χ1n) is 10.5. The van der Waals surface area contributed by atoms with Crippen molar-refractivity contribution in [1.82, 2.24) is 5.32 Å². The van der Waals surface area contributed by atoms with Crippen LogP contribution in [-0.2, 0) is 0 Å². The molecule has 164 valence electrons. The second-order valence-electron chi connectivity index (χ2n) is 7.80. The molecule has 0 spiro atoms. The summed E-state index contributed by atoms with van der Waals surface area (Å²) >= 11 is 0. The first-order valence-corrected chi connectivity index (χ1v) is 10.5. The second kappa shape index (κ2) is 14.5. The van der Waals surface area contributed by atoms with E-state index in [0.717, 1.165) is 19.5 Å². The van der Waals surface area contributed by atoms with Crippen molar-refractivity contribution in [3.05, 3.63) is 77.7 Å². The minimum atomic E-state index is -0.512. The van der Waals surface area contributed by atoms with Crippen LogP contribution in [0.15, 0.2) is 66.3 Å². The van der Waals surface area contributed by atoms with Gasteiger partial charge in [0.25, 0.3) is 0 Å². The number of carbonyl (C=O) groups is 1. The van der Waals surface area contributed by atoms with E-state index in [1.54, 1.807) is 6.07 Å². The van der Waals surface area contributed by atoms with Crippen LogP contribution in [0.2, 0.25) is 0 Å². The lowest BCUT2D eigenvalue weighted by Crippen LogP contribution is -2.14. The number of ketones is 1. The SMILES string of the molecule is C=CCCNCC=CCOc1ccc(C(=O)C(CC=C(C)C)CC=C(C)C)cc1F. The average molecular weight is 414 g/mol. The Morgan fingerprint density at radius 1 is 1.13 bits per heavy atom. The lowest BCUT2D eigenvalue weighted by Gasteiger charge is -2.14. The highest BCUT2D eigenvalue weighted by Crippen LogP contribution is 2.24. The van der Waals surface area contributed by atoms with Crippen molar-refractivity contribution in [3.8, 4) is 5.75 Å². The fourth-order valence-electron chi connectivity index (χ4n) is 2.75. The number of Topliss-reactive ketones (excluding diaryl/α,β-unsaturated/α-hetero) is 1. The molecule has 0 aliphatic heterocycles. The Bertz CT molecular complexity index is 749. The van der Waals surface area contributed by atoms with Crippen molar-refractivity contribution >= 4 is 5.78 Å². The van der Waals surface area contributed by atoms with Crippen LogP contribution < -0.4 is 10.1 Å². The van der Waals surface area contributed by atoms with E-state index in [-0.39, 0.29) is 24.1 Å². The number of nitrogens with one attached hydrogen (secondary N) is 1. The molecule has 1 aromatic carbocycles. The summed E-state index contributed by atoms with van der Waals surface area (Å²) in [5.74, 6) is -0.596. The quantitative estimate of drug-likeness (QED) is 0.217. The first-order chi connectivity index (χ1) is 14.3. The Morgan fingerprint density at radius 2 is 1.80 bits per heavy atom. The predicted molar refractivity (Wildman–Crippen MR) is 125 cm³/mol. The summed E-state index contributed by atoms with van der Waals surface area (Å²) in [6, 6.07) is 4.48. The molecule has 0 saturated carbocycles. The largest absolute Gasteiger partial charge is 0.486 e. The van der Waals surface area contributed by atoms with E-state index >= 15 is 0 Å². The molecule has 0 radical (unpaired) electrons. The molecule has 3 nitrogen and oxygen atoms in total. The number of hydrogen-bond donors (Lipinski definition) is 1. The molecule has 0 aromatic heterocycles. The Labute approximate surface area is 181 Å². The maximum atomic E-state index is 14.5. The molecule has 0 heterocycles. The number of carbonyl (C=O) groups excluding carboxylic acids is 1. The molecule has 0 aliphatic carbocycles. The second-order valence-corrected chi connectivity index (χ2v) is 7.80. The molecule has 1 aromatic rings. The Kier molecular flexibility index (Phi) is 12.4. The molecule has 4 heteroatoms. The van der Waals surface area contributed by atoms with E-state index in [1.165, 1.54) is 23.3 Å². The summed E-state index contributed by atoms with van der Waals surface area (Å²) in [6.07, 6.45) is 12.0. The number of allylic oxidation sites excluding steroid dienone is 4. The third kappa shape index (κ3) is 10.4. The molecular formula is C26H36FNO2. The van der Waals surface area contributed by atoms with E-state index in [1.807, 2.05) is 45.9 Å². The Hall–Kier alpha value is -2.46. The summed E-state index contributed by atoms with van der Waals surface area (Å²) in [5.41, 5.74) is 2.73. The van der Waals surface area contributed by atoms with Gasteiger partial charge in [-0.25, -0.2) is 4.39 Å². The number of halogens is 1. The Morgan fingerprint density at radius 3 is 2.37 bits per heavy atom. The Balaban J connectivity index is 2.71. The highest BCUT2D eigenvalue weighted by Gasteiger charge is 2.19. The number of rotatable bonds is 14. The van der Waals surface area contributed by atoms with Crippen molar-refractivity contribution in [3.63, 3.8) is 0 Å². The molecular weight excluding hydrogens is 377 g/mol. The molecule has 0 unspecified atom stereocenters. The van der Waals surface area contributed by atoms with Gasteiger partial charge in [0.2, 0.25) is 0 Å². The summed E-state index contributed by atoms with van der Waals surface area (Å²) < 4.78 is 20.0. The molecule has 0 saturated heterocycles. The number of benzene rings is 1. The van der Waals surface area contributed by atoms with Crippen LogP contribution in [-0.4, -0.2) is 25.5 Å². The fourth-order valence-corrected chi connectivity index (χ4v) is 2.75. The highest BCUT2D eigenvalue weighted by molar-refractivity contribution is 5.98. The van der Waals surface area contributed by atoms with Crippen LogP contribution in [0, 0.1) is 11.7 Å². The van der Waals surface area contributed by atoms with Gasteiger partial charge in [0.05, 0.1) is 0 Å². The lowest BCUT2D eigenvalue weighted by molar-refractivity contribution is 0.0921. The van der Waals surface area contributed by atoms with Gasteiger partial charge in [-0.05, 0) is 71.7 Å². The predicted octanol–water partition coefficient (Wildman–Crippen LogP) is 6.44. The molecule has 30 heavy (non-hydrogen) atoms. The van der Waals surface area contributed by atoms with Crippen LogP contribution >= 0.6 is 0 Å². The number of ether oxygens (including phenoxy) is 1. The van der Waals surface area contributed by atoms with Crippen molar-refractivity contribution < 1.29 is 13.9 Å². The highest BCUT2D eigenvalue weighted by atomic mass is 19.1. The van der Waals surface area contributed by atoms with Gasteiger partial charge in [-0.15, -0.1) is 6.58 Å². The lowest BCUT2D eigenvalue weighted by atomic mass is 9.90. The van der Waals surface area contributed by atoms with E-state index < -0.39 is 5.82 Å². The van der Waals surface area contributed by atoms with E-state index in [9.17, 15) is 9.18 Å². The fraction of sp³-hybridized carbons (Fsp3) is 0.423. The van der Waals surface area contributed by atoms with E-state index in [4.69, 9.17) is 4.74 Å². The van der Waals surface area contributed by atoms with Crippen LogP contribution in [0.5, 0.6) is 5.75 Å². The van der Waals surface area contributed by atoms with Crippen molar-refractivity contribution in [2.75, 3.05) is 19.7 Å². The zero-order valence-corrected chi connectivity index (χ0v) is 18.8. The maximum absolute atomic E-state index is 14.5. The topological polar surface area (TPSA) is 38.3 Å². The normalized spacial score (nSPS) is 10.9. The molecule has 0 bridgehead atoms. The monoisotopic (exact) mass is 413 g/mol. The molecule has 0 aliphatic rings. The summed E-state index contributed by atoms with van der Waals surface area (Å²) in [7, 11) is 0. The zero-order valence-electron chi connectivity index (χ0n) is 18.8. The summed E-state index contributed by atoms with van der Waals surface area (Å²) in [6.45, 7) is 13.6. The molecule has 0 atom stereocenters. The van der Waals surface area contributed by atoms with Gasteiger partial charge < -0.3 is 10.1 Å². The molecule has 0 fully saturated rings. The van der Waals surface area contributed by atoms with Crippen molar-refractivity contribution in [2.24, 2.45) is 5.92 Å². The zero-order chi connectivity index (χ0) is 22.4.